The summed E-state index contributed by atoms with van der Waals surface area (Å²) in [5, 5.41) is 0.386. The van der Waals surface area contributed by atoms with E-state index < -0.39 is 16.1 Å². The van der Waals surface area contributed by atoms with Crippen molar-refractivity contribution >= 4 is 39.1 Å². The maximum Gasteiger partial charge on any atom is 0.245 e. The average Bonchev–Trinajstić information content (AvgIpc) is 3.07. The van der Waals surface area contributed by atoms with Crippen LogP contribution in [0.3, 0.4) is 0 Å². The van der Waals surface area contributed by atoms with Gasteiger partial charge in [0.25, 0.3) is 0 Å². The Morgan fingerprint density at radius 3 is 2.58 bits per heavy atom. The molecule has 0 saturated carbocycles. The van der Waals surface area contributed by atoms with Gasteiger partial charge in [-0.3, -0.25) is 4.79 Å². The van der Waals surface area contributed by atoms with Crippen LogP contribution in [0.4, 0.5) is 0 Å². The lowest BCUT2D eigenvalue weighted by Crippen LogP contribution is -2.51. The molecule has 2 aliphatic rings. The number of amides is 1. The van der Waals surface area contributed by atoms with Crippen molar-refractivity contribution in [1.82, 2.24) is 9.21 Å². The van der Waals surface area contributed by atoms with Gasteiger partial charge in [0, 0.05) is 24.7 Å². The summed E-state index contributed by atoms with van der Waals surface area (Å²) < 4.78 is 32.5. The van der Waals surface area contributed by atoms with Gasteiger partial charge in [0.2, 0.25) is 15.9 Å². The largest absolute Gasteiger partial charge is 0.378 e. The molecule has 1 unspecified atom stereocenters. The number of morpholine rings is 1. The number of benzene rings is 1. The van der Waals surface area contributed by atoms with Crippen molar-refractivity contribution in [3.63, 3.8) is 0 Å². The van der Waals surface area contributed by atoms with Crippen molar-refractivity contribution in [2.24, 2.45) is 0 Å². The molecular weight excluding hydrogens is 375 g/mol. The van der Waals surface area contributed by atoms with Crippen LogP contribution in [-0.4, -0.2) is 62.4 Å². The zero-order valence-corrected chi connectivity index (χ0v) is 15.3. The first-order valence-corrected chi connectivity index (χ1v) is 9.94. The molecule has 0 aliphatic carbocycles. The fourth-order valence-corrected chi connectivity index (χ4v) is 5.46. The Labute approximate surface area is 151 Å². The number of rotatable bonds is 3. The van der Waals surface area contributed by atoms with E-state index in [-0.39, 0.29) is 20.8 Å². The Morgan fingerprint density at radius 1 is 1.17 bits per heavy atom. The maximum atomic E-state index is 13.0. The molecule has 6 nitrogen and oxygen atoms in total. The first-order valence-electron chi connectivity index (χ1n) is 7.74. The quantitative estimate of drug-likeness (QED) is 0.788. The van der Waals surface area contributed by atoms with Crippen LogP contribution >= 0.6 is 23.2 Å². The van der Waals surface area contributed by atoms with Gasteiger partial charge in [-0.1, -0.05) is 23.2 Å². The van der Waals surface area contributed by atoms with Crippen molar-refractivity contribution in [1.29, 1.82) is 0 Å². The summed E-state index contributed by atoms with van der Waals surface area (Å²) in [6.45, 7) is 2.23. The van der Waals surface area contributed by atoms with Crippen LogP contribution < -0.4 is 0 Å². The van der Waals surface area contributed by atoms with E-state index in [2.05, 4.69) is 0 Å². The van der Waals surface area contributed by atoms with Crippen molar-refractivity contribution in [3.05, 3.63) is 28.2 Å². The van der Waals surface area contributed by atoms with E-state index in [1.54, 1.807) is 4.90 Å². The lowest BCUT2D eigenvalue weighted by Gasteiger charge is -2.32. The number of halogens is 2. The van der Waals surface area contributed by atoms with Crippen LogP contribution in [0.25, 0.3) is 0 Å². The Kier molecular flexibility index (Phi) is 5.36. The molecule has 2 fully saturated rings. The van der Waals surface area contributed by atoms with Gasteiger partial charge < -0.3 is 9.64 Å². The van der Waals surface area contributed by atoms with E-state index in [1.807, 2.05) is 0 Å². The summed E-state index contributed by atoms with van der Waals surface area (Å²) >= 11 is 12.0. The van der Waals surface area contributed by atoms with Gasteiger partial charge in [-0.2, -0.15) is 4.31 Å². The van der Waals surface area contributed by atoms with E-state index >= 15 is 0 Å². The first kappa shape index (κ1) is 17.9. The molecule has 132 valence electrons. The fraction of sp³-hybridized carbons (Fsp3) is 0.533. The third-order valence-electron chi connectivity index (χ3n) is 4.29. The third kappa shape index (κ3) is 3.41. The molecule has 1 atom stereocenters. The molecule has 1 aromatic rings. The van der Waals surface area contributed by atoms with Gasteiger partial charge >= 0.3 is 0 Å². The Morgan fingerprint density at radius 2 is 1.88 bits per heavy atom. The second kappa shape index (κ2) is 7.17. The molecule has 3 rings (SSSR count). The number of ether oxygens (including phenoxy) is 1. The molecule has 1 amide bonds. The van der Waals surface area contributed by atoms with Crippen LogP contribution in [-0.2, 0) is 19.6 Å². The third-order valence-corrected chi connectivity index (χ3v) is 6.92. The monoisotopic (exact) mass is 392 g/mol. The highest BCUT2D eigenvalue weighted by molar-refractivity contribution is 7.89. The molecular formula is C15H18Cl2N2O4S. The minimum Gasteiger partial charge on any atom is -0.378 e. The molecule has 0 radical (unpaired) electrons. The topological polar surface area (TPSA) is 66.9 Å². The van der Waals surface area contributed by atoms with Crippen molar-refractivity contribution in [2.45, 2.75) is 23.8 Å². The van der Waals surface area contributed by atoms with E-state index in [9.17, 15) is 13.2 Å². The van der Waals surface area contributed by atoms with Crippen LogP contribution in [0.15, 0.2) is 23.1 Å². The predicted molar refractivity (Wildman–Crippen MR) is 90.8 cm³/mol. The molecule has 0 spiro atoms. The standard InChI is InChI=1S/C15H18Cl2N2O4S/c16-11-3-4-12(17)14(10-11)24(21,22)19-5-1-2-13(19)15(20)18-6-8-23-9-7-18/h3-4,10,13H,1-2,5-9H2. The smallest absolute Gasteiger partial charge is 0.245 e. The van der Waals surface area contributed by atoms with Gasteiger partial charge in [-0.05, 0) is 31.0 Å². The van der Waals surface area contributed by atoms with Crippen LogP contribution in [0.1, 0.15) is 12.8 Å². The number of sulfonamides is 1. The molecule has 1 aromatic carbocycles. The zero-order chi connectivity index (χ0) is 17.3. The zero-order valence-electron chi connectivity index (χ0n) is 13.0. The summed E-state index contributed by atoms with van der Waals surface area (Å²) in [7, 11) is -3.89. The summed E-state index contributed by atoms with van der Waals surface area (Å²) in [4.78, 5) is 14.4. The number of carbonyl (C=O) groups excluding carboxylic acids is 1. The summed E-state index contributed by atoms with van der Waals surface area (Å²) in [6.07, 6.45) is 1.14. The summed E-state index contributed by atoms with van der Waals surface area (Å²) in [6, 6.07) is 3.62. The summed E-state index contributed by atoms with van der Waals surface area (Å²) in [5.74, 6) is -0.169. The van der Waals surface area contributed by atoms with Gasteiger partial charge in [0.05, 0.1) is 18.2 Å². The lowest BCUT2D eigenvalue weighted by molar-refractivity contribution is -0.138. The first-order chi connectivity index (χ1) is 11.4. The van der Waals surface area contributed by atoms with E-state index in [0.717, 1.165) is 0 Å². The van der Waals surface area contributed by atoms with Crippen molar-refractivity contribution in [2.75, 3.05) is 32.8 Å². The van der Waals surface area contributed by atoms with Crippen molar-refractivity contribution in [3.8, 4) is 0 Å². The second-order valence-electron chi connectivity index (χ2n) is 5.79. The second-order valence-corrected chi connectivity index (χ2v) is 8.49. The highest BCUT2D eigenvalue weighted by Gasteiger charge is 2.42. The highest BCUT2D eigenvalue weighted by atomic mass is 35.5. The molecule has 0 N–H and O–H groups in total. The van der Waals surface area contributed by atoms with Crippen molar-refractivity contribution < 1.29 is 17.9 Å². The normalized spacial score (nSPS) is 22.8. The Balaban J connectivity index is 1.89. The van der Waals surface area contributed by atoms with Gasteiger partial charge in [0.15, 0.2) is 0 Å². The average molecular weight is 393 g/mol. The molecule has 2 saturated heterocycles. The molecule has 0 bridgehead atoms. The van der Waals surface area contributed by atoms with Gasteiger partial charge in [0.1, 0.15) is 10.9 Å². The summed E-state index contributed by atoms with van der Waals surface area (Å²) in [5.41, 5.74) is 0. The molecule has 0 aromatic heterocycles. The number of nitrogens with zero attached hydrogens (tertiary/aromatic N) is 2. The van der Waals surface area contributed by atoms with Crippen LogP contribution in [0.2, 0.25) is 10.0 Å². The van der Waals surface area contributed by atoms with E-state index in [4.69, 9.17) is 27.9 Å². The minimum absolute atomic E-state index is 0.0571. The number of hydrogen-bond donors (Lipinski definition) is 0. The Bertz CT molecular complexity index is 735. The van der Waals surface area contributed by atoms with Crippen LogP contribution in [0, 0.1) is 0 Å². The highest BCUT2D eigenvalue weighted by Crippen LogP contribution is 2.32. The molecule has 2 heterocycles. The van der Waals surface area contributed by atoms with E-state index in [0.29, 0.717) is 45.7 Å². The lowest BCUT2D eigenvalue weighted by atomic mass is 10.2. The van der Waals surface area contributed by atoms with Crippen LogP contribution in [0.5, 0.6) is 0 Å². The predicted octanol–water partition coefficient (Wildman–Crippen LogP) is 2.01. The number of hydrogen-bond acceptors (Lipinski definition) is 4. The fourth-order valence-electron chi connectivity index (χ4n) is 3.07. The SMILES string of the molecule is O=C(C1CCCN1S(=O)(=O)c1cc(Cl)ccc1Cl)N1CCOCC1. The molecule has 2 aliphatic heterocycles. The maximum absolute atomic E-state index is 13.0. The number of carbonyl (C=O) groups is 1. The molecule has 9 heteroatoms. The van der Waals surface area contributed by atoms with E-state index in [1.165, 1.54) is 22.5 Å². The van der Waals surface area contributed by atoms with Gasteiger partial charge in [-0.15, -0.1) is 0 Å². The van der Waals surface area contributed by atoms with Gasteiger partial charge in [-0.25, -0.2) is 8.42 Å². The minimum atomic E-state index is -3.89. The Hall–Kier alpha value is -0.860. The molecule has 24 heavy (non-hydrogen) atoms.